The Morgan fingerprint density at radius 3 is 2.56 bits per heavy atom. The normalized spacial score (nSPS) is 11.1. The Balaban J connectivity index is 2.82. The molecule has 18 heavy (non-hydrogen) atoms. The van der Waals surface area contributed by atoms with E-state index >= 15 is 0 Å². The Morgan fingerprint density at radius 1 is 1.39 bits per heavy atom. The second-order valence-corrected chi connectivity index (χ2v) is 4.61. The molecule has 0 spiro atoms. The first-order valence-electron chi connectivity index (χ1n) is 5.54. The maximum Gasteiger partial charge on any atom is 0.312 e. The number of hydrogen-bond donors (Lipinski definition) is 2. The average Bonchev–Trinajstić information content (AvgIpc) is 2.35. The van der Waals surface area contributed by atoms with Gasteiger partial charge in [0.05, 0.1) is 19.1 Å². The molecule has 0 aliphatic carbocycles. The molecule has 0 amide bonds. The summed E-state index contributed by atoms with van der Waals surface area (Å²) in [6.45, 7) is 3.00. The molecule has 0 aliphatic heterocycles. The zero-order chi connectivity index (χ0) is 13.8. The molecular weight excluding hydrogens is 236 g/mol. The summed E-state index contributed by atoms with van der Waals surface area (Å²) < 4.78 is 10.5. The number of benzene rings is 1. The van der Waals surface area contributed by atoms with Crippen molar-refractivity contribution in [2.75, 3.05) is 13.7 Å². The van der Waals surface area contributed by atoms with Crippen molar-refractivity contribution in [1.82, 2.24) is 0 Å². The number of carbonyl (C=O) groups is 1. The van der Waals surface area contributed by atoms with Gasteiger partial charge in [-0.2, -0.15) is 0 Å². The molecular formula is C13H18O5. The fraction of sp³-hybridized carbons (Fsp3) is 0.462. The van der Waals surface area contributed by atoms with Crippen molar-refractivity contribution in [3.8, 4) is 11.5 Å². The molecule has 0 aliphatic rings. The van der Waals surface area contributed by atoms with Crippen molar-refractivity contribution in [3.05, 3.63) is 23.8 Å². The second-order valence-electron chi connectivity index (χ2n) is 4.61. The molecule has 0 saturated heterocycles. The number of rotatable bonds is 6. The predicted octanol–water partition coefficient (Wildman–Crippen LogP) is 1.68. The molecule has 0 radical (unpaired) electrons. The fourth-order valence-corrected chi connectivity index (χ4v) is 1.27. The molecule has 0 heterocycles. The molecule has 0 unspecified atom stereocenters. The summed E-state index contributed by atoms with van der Waals surface area (Å²) in [4.78, 5) is 10.9. The van der Waals surface area contributed by atoms with E-state index < -0.39 is 11.4 Å². The smallest absolute Gasteiger partial charge is 0.312 e. The Hall–Kier alpha value is -1.75. The molecule has 0 aromatic heterocycles. The quantitative estimate of drug-likeness (QED) is 0.807. The minimum absolute atomic E-state index is 0.0294. The zero-order valence-electron chi connectivity index (χ0n) is 10.8. The highest BCUT2D eigenvalue weighted by Gasteiger charge is 2.28. The zero-order valence-corrected chi connectivity index (χ0v) is 10.8. The molecule has 0 atom stereocenters. The van der Waals surface area contributed by atoms with E-state index in [4.69, 9.17) is 14.6 Å². The fourth-order valence-electron chi connectivity index (χ4n) is 1.27. The van der Waals surface area contributed by atoms with Crippen LogP contribution in [0.15, 0.2) is 18.2 Å². The molecule has 100 valence electrons. The molecule has 1 aromatic carbocycles. The molecule has 5 heteroatoms. The molecule has 5 nitrogen and oxygen atoms in total. The van der Waals surface area contributed by atoms with Crippen LogP contribution in [0, 0.1) is 5.41 Å². The van der Waals surface area contributed by atoms with Crippen molar-refractivity contribution < 1.29 is 24.5 Å². The molecule has 1 aromatic rings. The number of aliphatic hydroxyl groups is 1. The highest BCUT2D eigenvalue weighted by atomic mass is 16.5. The first-order valence-corrected chi connectivity index (χ1v) is 5.54. The third-order valence-electron chi connectivity index (χ3n) is 2.61. The van der Waals surface area contributed by atoms with Crippen LogP contribution in [-0.4, -0.2) is 29.9 Å². The van der Waals surface area contributed by atoms with Gasteiger partial charge in [-0.25, -0.2) is 0 Å². The van der Waals surface area contributed by atoms with Crippen LogP contribution in [0.5, 0.6) is 11.5 Å². The van der Waals surface area contributed by atoms with Gasteiger partial charge >= 0.3 is 5.97 Å². The molecule has 0 bridgehead atoms. The maximum absolute atomic E-state index is 10.9. The van der Waals surface area contributed by atoms with Crippen molar-refractivity contribution in [1.29, 1.82) is 0 Å². The summed E-state index contributed by atoms with van der Waals surface area (Å²) in [5.74, 6) is 0.151. The van der Waals surface area contributed by atoms with Crippen molar-refractivity contribution in [2.24, 2.45) is 5.41 Å². The van der Waals surface area contributed by atoms with E-state index in [1.54, 1.807) is 32.0 Å². The molecule has 0 saturated carbocycles. The Morgan fingerprint density at radius 2 is 2.06 bits per heavy atom. The summed E-state index contributed by atoms with van der Waals surface area (Å²) in [5.41, 5.74) is -0.414. The number of methoxy groups -OCH3 is 1. The largest absolute Gasteiger partial charge is 0.497 e. The van der Waals surface area contributed by atoms with Crippen LogP contribution < -0.4 is 9.47 Å². The van der Waals surface area contributed by atoms with Gasteiger partial charge in [0.1, 0.15) is 18.1 Å². The number of aliphatic carboxylic acids is 1. The Bertz CT molecular complexity index is 425. The topological polar surface area (TPSA) is 76.0 Å². The summed E-state index contributed by atoms with van der Waals surface area (Å²) in [7, 11) is 1.53. The molecule has 2 N–H and O–H groups in total. The number of aliphatic hydroxyl groups excluding tert-OH is 1. The minimum atomic E-state index is -0.980. The van der Waals surface area contributed by atoms with E-state index in [-0.39, 0.29) is 13.2 Å². The van der Waals surface area contributed by atoms with Crippen LogP contribution >= 0.6 is 0 Å². The molecule has 0 fully saturated rings. The third kappa shape index (κ3) is 3.37. The van der Waals surface area contributed by atoms with Crippen molar-refractivity contribution >= 4 is 5.97 Å². The van der Waals surface area contributed by atoms with Gasteiger partial charge in [0.2, 0.25) is 0 Å². The van der Waals surface area contributed by atoms with Gasteiger partial charge in [0, 0.05) is 5.56 Å². The van der Waals surface area contributed by atoms with Crippen molar-refractivity contribution in [3.63, 3.8) is 0 Å². The van der Waals surface area contributed by atoms with Crippen LogP contribution in [0.25, 0.3) is 0 Å². The van der Waals surface area contributed by atoms with E-state index in [2.05, 4.69) is 0 Å². The Labute approximate surface area is 106 Å². The van der Waals surface area contributed by atoms with Gasteiger partial charge in [0.25, 0.3) is 0 Å². The minimum Gasteiger partial charge on any atom is -0.497 e. The summed E-state index contributed by atoms with van der Waals surface area (Å²) in [6.07, 6.45) is 0. The van der Waals surface area contributed by atoms with Gasteiger partial charge in [0.15, 0.2) is 0 Å². The van der Waals surface area contributed by atoms with Gasteiger partial charge < -0.3 is 19.7 Å². The second kappa shape index (κ2) is 5.73. The van der Waals surface area contributed by atoms with Crippen LogP contribution in [0.4, 0.5) is 0 Å². The average molecular weight is 254 g/mol. The summed E-state index contributed by atoms with van der Waals surface area (Å²) in [6, 6.07) is 5.01. The van der Waals surface area contributed by atoms with Crippen LogP contribution in [0.2, 0.25) is 0 Å². The van der Waals surface area contributed by atoms with E-state index in [1.807, 2.05) is 0 Å². The number of ether oxygens (including phenoxy) is 2. The Kier molecular flexibility index (Phi) is 4.55. The van der Waals surface area contributed by atoms with E-state index in [9.17, 15) is 9.90 Å². The highest BCUT2D eigenvalue weighted by Crippen LogP contribution is 2.26. The third-order valence-corrected chi connectivity index (χ3v) is 2.61. The predicted molar refractivity (Wildman–Crippen MR) is 65.8 cm³/mol. The van der Waals surface area contributed by atoms with E-state index in [1.165, 1.54) is 7.11 Å². The first-order chi connectivity index (χ1) is 8.40. The number of carboxylic acids is 1. The lowest BCUT2D eigenvalue weighted by Gasteiger charge is -2.20. The summed E-state index contributed by atoms with van der Waals surface area (Å²) >= 11 is 0. The van der Waals surface area contributed by atoms with Crippen molar-refractivity contribution in [2.45, 2.75) is 20.5 Å². The van der Waals surface area contributed by atoms with Crippen LogP contribution in [0.3, 0.4) is 0 Å². The SMILES string of the molecule is COc1ccc(OCC(C)(C)C(=O)O)c(CO)c1. The lowest BCUT2D eigenvalue weighted by Crippen LogP contribution is -2.30. The van der Waals surface area contributed by atoms with Gasteiger partial charge in [-0.1, -0.05) is 0 Å². The molecule has 1 rings (SSSR count). The standard InChI is InChI=1S/C13H18O5/c1-13(2,12(15)16)8-18-11-5-4-10(17-3)6-9(11)7-14/h4-6,14H,7-8H2,1-3H3,(H,15,16). The van der Waals surface area contributed by atoms with Gasteiger partial charge in [-0.05, 0) is 32.0 Å². The van der Waals surface area contributed by atoms with E-state index in [0.29, 0.717) is 17.1 Å². The monoisotopic (exact) mass is 254 g/mol. The lowest BCUT2D eigenvalue weighted by molar-refractivity contribution is -0.148. The highest BCUT2D eigenvalue weighted by molar-refractivity contribution is 5.73. The maximum atomic E-state index is 10.9. The van der Waals surface area contributed by atoms with Gasteiger partial charge in [-0.15, -0.1) is 0 Å². The number of hydrogen-bond acceptors (Lipinski definition) is 4. The number of carboxylic acid groups (broad SMARTS) is 1. The first kappa shape index (κ1) is 14.3. The lowest BCUT2D eigenvalue weighted by atomic mass is 9.95. The van der Waals surface area contributed by atoms with Crippen LogP contribution in [0.1, 0.15) is 19.4 Å². The van der Waals surface area contributed by atoms with Crippen LogP contribution in [-0.2, 0) is 11.4 Å². The van der Waals surface area contributed by atoms with E-state index in [0.717, 1.165) is 0 Å². The van der Waals surface area contributed by atoms with Gasteiger partial charge in [-0.3, -0.25) is 4.79 Å². The summed E-state index contributed by atoms with van der Waals surface area (Å²) in [5, 5.41) is 18.2.